The molecule has 168 valence electrons. The van der Waals surface area contributed by atoms with Gasteiger partial charge in [-0.1, -0.05) is 0 Å². The van der Waals surface area contributed by atoms with Gasteiger partial charge >= 0.3 is 6.09 Å². The predicted octanol–water partition coefficient (Wildman–Crippen LogP) is 3.19. The number of piperidine rings is 1. The summed E-state index contributed by atoms with van der Waals surface area (Å²) in [6, 6.07) is 7.39. The van der Waals surface area contributed by atoms with Crippen LogP contribution in [0.5, 0.6) is 0 Å². The number of nitrogens with zero attached hydrogens (tertiary/aromatic N) is 4. The summed E-state index contributed by atoms with van der Waals surface area (Å²) in [6.07, 6.45) is 3.54. The average molecular weight is 440 g/mol. The molecule has 2 amide bonds. The molecule has 2 unspecified atom stereocenters. The second kappa shape index (κ2) is 8.86. The Kier molecular flexibility index (Phi) is 5.99. The zero-order chi connectivity index (χ0) is 22.8. The van der Waals surface area contributed by atoms with Crippen LogP contribution in [0.25, 0.3) is 0 Å². The summed E-state index contributed by atoms with van der Waals surface area (Å²) in [6.45, 7) is 2.54. The number of ether oxygens (including phenoxy) is 1. The molecule has 1 aromatic carbocycles. The van der Waals surface area contributed by atoms with E-state index < -0.39 is 29.8 Å². The summed E-state index contributed by atoms with van der Waals surface area (Å²) >= 11 is 0. The fraction of sp³-hybridized carbons (Fsp3) is 0.455. The fourth-order valence-corrected chi connectivity index (χ4v) is 3.92. The number of hydrogen-bond acceptors (Lipinski definition) is 6. The van der Waals surface area contributed by atoms with E-state index in [-0.39, 0.29) is 24.0 Å². The number of anilines is 2. The van der Waals surface area contributed by atoms with E-state index in [2.05, 4.69) is 16.5 Å². The first-order chi connectivity index (χ1) is 15.4. The first-order valence-corrected chi connectivity index (χ1v) is 10.6. The van der Waals surface area contributed by atoms with E-state index in [1.165, 1.54) is 35.1 Å². The third-order valence-electron chi connectivity index (χ3n) is 6.02. The number of halogens is 1. The van der Waals surface area contributed by atoms with E-state index >= 15 is 0 Å². The number of nitrogens with two attached hydrogens (primary N) is 1. The van der Waals surface area contributed by atoms with E-state index in [0.717, 1.165) is 12.8 Å². The van der Waals surface area contributed by atoms with E-state index in [4.69, 9.17) is 10.5 Å². The second-order valence-electron chi connectivity index (χ2n) is 8.33. The van der Waals surface area contributed by atoms with Crippen LogP contribution >= 0.6 is 0 Å². The molecule has 2 aromatic rings. The molecule has 9 nitrogen and oxygen atoms in total. The Morgan fingerprint density at radius 2 is 2.03 bits per heavy atom. The number of rotatable bonds is 6. The van der Waals surface area contributed by atoms with Gasteiger partial charge in [-0.3, -0.25) is 9.48 Å². The summed E-state index contributed by atoms with van der Waals surface area (Å²) in [7, 11) is 0. The Morgan fingerprint density at radius 1 is 1.31 bits per heavy atom. The minimum Gasteiger partial charge on any atom is -0.446 e. The summed E-state index contributed by atoms with van der Waals surface area (Å²) in [4.78, 5) is 26.2. The number of benzene rings is 1. The monoisotopic (exact) mass is 440 g/mol. The molecule has 0 radical (unpaired) electrons. The first-order valence-electron chi connectivity index (χ1n) is 10.6. The normalized spacial score (nSPS) is 21.5. The minimum atomic E-state index is -0.695. The number of primary amides is 1. The van der Waals surface area contributed by atoms with E-state index in [9.17, 15) is 19.2 Å². The lowest BCUT2D eigenvalue weighted by Gasteiger charge is -2.35. The summed E-state index contributed by atoms with van der Waals surface area (Å²) < 4.78 is 20.3. The van der Waals surface area contributed by atoms with Gasteiger partial charge in [-0.2, -0.15) is 10.4 Å². The summed E-state index contributed by atoms with van der Waals surface area (Å²) in [5.41, 5.74) is 6.18. The van der Waals surface area contributed by atoms with Crippen LogP contribution in [0.15, 0.2) is 30.5 Å². The molecule has 2 heterocycles. The van der Waals surface area contributed by atoms with E-state index in [1.807, 2.05) is 6.92 Å². The van der Waals surface area contributed by atoms with Gasteiger partial charge in [-0.15, -0.1) is 0 Å². The number of aromatic nitrogens is 2. The van der Waals surface area contributed by atoms with Gasteiger partial charge < -0.3 is 20.7 Å². The van der Waals surface area contributed by atoms with Crippen molar-refractivity contribution in [3.8, 4) is 6.07 Å². The van der Waals surface area contributed by atoms with Crippen LogP contribution in [-0.2, 0) is 4.74 Å². The molecule has 1 aliphatic heterocycles. The van der Waals surface area contributed by atoms with E-state index in [0.29, 0.717) is 24.6 Å². The van der Waals surface area contributed by atoms with Gasteiger partial charge in [0.1, 0.15) is 17.5 Å². The molecule has 2 aliphatic rings. The molecular weight excluding hydrogens is 415 g/mol. The number of carbonyl (C=O) groups is 2. The van der Waals surface area contributed by atoms with Crippen molar-refractivity contribution in [3.05, 3.63) is 41.8 Å². The zero-order valence-corrected chi connectivity index (χ0v) is 17.7. The van der Waals surface area contributed by atoms with Crippen LogP contribution in [0, 0.1) is 29.0 Å². The lowest BCUT2D eigenvalue weighted by Crippen LogP contribution is -2.45. The molecule has 1 saturated heterocycles. The van der Waals surface area contributed by atoms with Gasteiger partial charge in [0.15, 0.2) is 5.82 Å². The number of hydrogen-bond donors (Lipinski definition) is 2. The maximum absolute atomic E-state index is 13.2. The van der Waals surface area contributed by atoms with Crippen LogP contribution in [0.3, 0.4) is 0 Å². The summed E-state index contributed by atoms with van der Waals surface area (Å²) in [5, 5.41) is 17.1. The maximum atomic E-state index is 13.2. The topological polar surface area (TPSA) is 126 Å². The van der Waals surface area contributed by atoms with Crippen LogP contribution in [0.1, 0.15) is 42.6 Å². The van der Waals surface area contributed by atoms with Gasteiger partial charge in [0.25, 0.3) is 5.91 Å². The van der Waals surface area contributed by atoms with Crippen LogP contribution in [0.2, 0.25) is 0 Å². The number of nitriles is 1. The van der Waals surface area contributed by atoms with Crippen molar-refractivity contribution in [1.29, 1.82) is 5.26 Å². The lowest BCUT2D eigenvalue weighted by molar-refractivity contribution is 0.0441. The highest BCUT2D eigenvalue weighted by Gasteiger charge is 2.37. The highest BCUT2D eigenvalue weighted by molar-refractivity contribution is 5.98. The van der Waals surface area contributed by atoms with Crippen molar-refractivity contribution in [1.82, 2.24) is 14.7 Å². The van der Waals surface area contributed by atoms with Gasteiger partial charge in [-0.25, -0.2) is 9.18 Å². The number of carbonyl (C=O) groups excluding carboxylic acids is 2. The van der Waals surface area contributed by atoms with Crippen LogP contribution in [-0.4, -0.2) is 45.9 Å². The Hall–Kier alpha value is -3.61. The van der Waals surface area contributed by atoms with Crippen molar-refractivity contribution in [2.75, 3.05) is 18.4 Å². The highest BCUT2D eigenvalue weighted by Crippen LogP contribution is 2.35. The molecule has 1 aromatic heterocycles. The van der Waals surface area contributed by atoms with Crippen molar-refractivity contribution in [3.63, 3.8) is 0 Å². The van der Waals surface area contributed by atoms with Crippen molar-refractivity contribution < 1.29 is 18.7 Å². The van der Waals surface area contributed by atoms with Gasteiger partial charge in [-0.05, 0) is 56.4 Å². The third kappa shape index (κ3) is 4.66. The van der Waals surface area contributed by atoms with Crippen molar-refractivity contribution >= 4 is 23.5 Å². The molecule has 0 spiro atoms. The average Bonchev–Trinajstić information content (AvgIpc) is 3.55. The number of amides is 2. The highest BCUT2D eigenvalue weighted by atomic mass is 19.1. The third-order valence-corrected chi connectivity index (χ3v) is 6.02. The van der Waals surface area contributed by atoms with E-state index in [1.54, 1.807) is 4.90 Å². The summed E-state index contributed by atoms with van der Waals surface area (Å²) in [5.74, 6) is -0.865. The van der Waals surface area contributed by atoms with Gasteiger partial charge in [0.2, 0.25) is 0 Å². The molecule has 4 rings (SSSR count). The minimum absolute atomic E-state index is 0.132. The smallest absolute Gasteiger partial charge is 0.410 e. The molecule has 32 heavy (non-hydrogen) atoms. The molecule has 3 atom stereocenters. The Bertz CT molecular complexity index is 1040. The fourth-order valence-electron chi connectivity index (χ4n) is 3.92. The number of nitrogens with one attached hydrogen (secondary N) is 1. The molecule has 1 saturated carbocycles. The maximum Gasteiger partial charge on any atom is 0.410 e. The second-order valence-corrected chi connectivity index (χ2v) is 8.33. The number of likely N-dealkylation sites (tertiary alicyclic amines) is 1. The SMILES string of the molecule is CC(OC(=O)N1CCC(C#N)[C@H](n2cc(C(N)=O)c(Nc3ccc(F)cc3)n2)C1)C1CC1. The van der Waals surface area contributed by atoms with Crippen molar-refractivity contribution in [2.45, 2.75) is 38.3 Å². The van der Waals surface area contributed by atoms with Crippen LogP contribution in [0.4, 0.5) is 20.7 Å². The molecule has 0 bridgehead atoms. The standard InChI is InChI=1S/C22H25FN6O3/c1-13(14-2-3-14)32-22(31)28-9-8-15(10-24)19(12-28)29-11-18(20(25)30)21(27-29)26-17-6-4-16(23)5-7-17/h4-7,11,13-15,19H,2-3,8-9,12H2,1H3,(H2,25,30)(H,26,27)/t13?,15?,19-/m1/s1. The Labute approximate surface area is 184 Å². The van der Waals surface area contributed by atoms with Gasteiger partial charge in [0.05, 0.1) is 18.0 Å². The molecule has 1 aliphatic carbocycles. The lowest BCUT2D eigenvalue weighted by atomic mass is 9.93. The van der Waals surface area contributed by atoms with Gasteiger partial charge in [0, 0.05) is 25.0 Å². The molecule has 3 N–H and O–H groups in total. The first kappa shape index (κ1) is 21.6. The van der Waals surface area contributed by atoms with Crippen LogP contribution < -0.4 is 11.1 Å². The predicted molar refractivity (Wildman–Crippen MR) is 113 cm³/mol. The van der Waals surface area contributed by atoms with Crippen molar-refractivity contribution in [2.24, 2.45) is 17.6 Å². The molecule has 2 fully saturated rings. The zero-order valence-electron chi connectivity index (χ0n) is 17.7. The Morgan fingerprint density at radius 3 is 2.66 bits per heavy atom. The molecule has 10 heteroatoms. The quantitative estimate of drug-likeness (QED) is 0.710. The Balaban J connectivity index is 1.55. The molecular formula is C22H25FN6O3. The largest absolute Gasteiger partial charge is 0.446 e.